The van der Waals surface area contributed by atoms with Crippen molar-refractivity contribution in [1.29, 1.82) is 0 Å². The summed E-state index contributed by atoms with van der Waals surface area (Å²) in [7, 11) is -4.29. The number of hydrogen-bond donors (Lipinski definition) is 1. The maximum atomic E-state index is 13.5. The monoisotopic (exact) mass is 615 g/mol. The number of halogens is 6. The number of carbonyl (C=O) groups excluding carboxylic acids is 2. The van der Waals surface area contributed by atoms with Crippen molar-refractivity contribution >= 4 is 62.3 Å². The van der Waals surface area contributed by atoms with Gasteiger partial charge in [-0.05, 0) is 49.2 Å². The Hall–Kier alpha value is -2.21. The van der Waals surface area contributed by atoms with Gasteiger partial charge in [0.2, 0.25) is 21.8 Å². The molecule has 0 aliphatic carbocycles. The molecular weight excluding hydrogens is 590 g/mol. The first kappa shape index (κ1) is 32.0. The van der Waals surface area contributed by atoms with E-state index in [-0.39, 0.29) is 21.6 Å². The van der Waals surface area contributed by atoms with E-state index in [4.69, 9.17) is 34.8 Å². The number of rotatable bonds is 11. The summed E-state index contributed by atoms with van der Waals surface area (Å²) >= 11 is 18.1. The largest absolute Gasteiger partial charge is 0.416 e. The lowest BCUT2D eigenvalue weighted by Gasteiger charge is -2.32. The SMILES string of the molecule is CCCCNC(=O)[C@H](C)N(Cc1ccc(Cl)c(Cl)c1)C(=O)CN(c1cc(C(F)(F)F)ccc1Cl)S(C)(=O)=O. The number of nitrogens with one attached hydrogen (secondary N) is 1. The molecule has 0 fully saturated rings. The zero-order chi connectivity index (χ0) is 28.8. The number of carbonyl (C=O) groups is 2. The van der Waals surface area contributed by atoms with Crippen LogP contribution in [-0.4, -0.2) is 50.5 Å². The topological polar surface area (TPSA) is 86.8 Å². The smallest absolute Gasteiger partial charge is 0.354 e. The van der Waals surface area contributed by atoms with E-state index >= 15 is 0 Å². The Labute approximate surface area is 234 Å². The first-order valence-electron chi connectivity index (χ1n) is 11.4. The number of anilines is 1. The Morgan fingerprint density at radius 2 is 1.66 bits per heavy atom. The van der Waals surface area contributed by atoms with Crippen molar-refractivity contribution in [2.24, 2.45) is 0 Å². The fourth-order valence-corrected chi connectivity index (χ4v) is 4.87. The number of hydrogen-bond acceptors (Lipinski definition) is 4. The van der Waals surface area contributed by atoms with E-state index in [0.29, 0.717) is 35.0 Å². The minimum Gasteiger partial charge on any atom is -0.354 e. The molecule has 2 rings (SSSR count). The van der Waals surface area contributed by atoms with Gasteiger partial charge in [-0.2, -0.15) is 13.2 Å². The average Bonchev–Trinajstić information content (AvgIpc) is 2.81. The van der Waals surface area contributed by atoms with Crippen LogP contribution in [0.25, 0.3) is 0 Å². The molecule has 2 aromatic rings. The summed E-state index contributed by atoms with van der Waals surface area (Å²) in [4.78, 5) is 27.4. The fourth-order valence-electron chi connectivity index (χ4n) is 3.43. The molecule has 7 nitrogen and oxygen atoms in total. The summed E-state index contributed by atoms with van der Waals surface area (Å²) < 4.78 is 65.7. The van der Waals surface area contributed by atoms with Crippen LogP contribution >= 0.6 is 34.8 Å². The van der Waals surface area contributed by atoms with Crippen LogP contribution in [-0.2, 0) is 32.3 Å². The second-order valence-electron chi connectivity index (χ2n) is 8.52. The molecule has 0 aromatic heterocycles. The van der Waals surface area contributed by atoms with Gasteiger partial charge in [0.15, 0.2) is 0 Å². The maximum Gasteiger partial charge on any atom is 0.416 e. The molecule has 0 saturated carbocycles. The highest BCUT2D eigenvalue weighted by molar-refractivity contribution is 7.92. The van der Waals surface area contributed by atoms with Crippen molar-refractivity contribution in [3.63, 3.8) is 0 Å². The lowest BCUT2D eigenvalue weighted by atomic mass is 10.1. The van der Waals surface area contributed by atoms with E-state index in [1.165, 1.54) is 19.1 Å². The average molecular weight is 617 g/mol. The van der Waals surface area contributed by atoms with Crippen molar-refractivity contribution in [3.8, 4) is 0 Å². The van der Waals surface area contributed by atoms with Crippen LogP contribution < -0.4 is 9.62 Å². The summed E-state index contributed by atoms with van der Waals surface area (Å²) in [6.07, 6.45) is -2.52. The molecular formula is C24H27Cl3F3N3O4S. The molecule has 0 unspecified atom stereocenters. The van der Waals surface area contributed by atoms with E-state index in [2.05, 4.69) is 5.32 Å². The lowest BCUT2D eigenvalue weighted by molar-refractivity contribution is -0.139. The van der Waals surface area contributed by atoms with Crippen LogP contribution in [0, 0.1) is 0 Å². The van der Waals surface area contributed by atoms with Gasteiger partial charge in [-0.1, -0.05) is 54.2 Å². The number of unbranched alkanes of at least 4 members (excludes halogenated alkanes) is 1. The van der Waals surface area contributed by atoms with Gasteiger partial charge in [0.25, 0.3) is 0 Å². The van der Waals surface area contributed by atoms with Gasteiger partial charge in [-0.15, -0.1) is 0 Å². The summed E-state index contributed by atoms with van der Waals surface area (Å²) in [5.74, 6) is -1.34. The highest BCUT2D eigenvalue weighted by Gasteiger charge is 2.34. The van der Waals surface area contributed by atoms with Gasteiger partial charge in [-0.25, -0.2) is 8.42 Å². The first-order chi connectivity index (χ1) is 17.6. The zero-order valence-electron chi connectivity index (χ0n) is 20.8. The molecule has 210 valence electrons. The van der Waals surface area contributed by atoms with Gasteiger partial charge < -0.3 is 10.2 Å². The molecule has 0 heterocycles. The predicted molar refractivity (Wildman–Crippen MR) is 143 cm³/mol. The van der Waals surface area contributed by atoms with E-state index < -0.39 is 51.9 Å². The van der Waals surface area contributed by atoms with Crippen molar-refractivity contribution in [3.05, 3.63) is 62.6 Å². The van der Waals surface area contributed by atoms with Crippen molar-refractivity contribution in [1.82, 2.24) is 10.2 Å². The Morgan fingerprint density at radius 3 is 2.21 bits per heavy atom. The third-order valence-corrected chi connectivity index (χ3v) is 7.74. The van der Waals surface area contributed by atoms with Gasteiger partial charge in [0.05, 0.1) is 32.6 Å². The van der Waals surface area contributed by atoms with Gasteiger partial charge in [0, 0.05) is 13.1 Å². The molecule has 14 heteroatoms. The van der Waals surface area contributed by atoms with E-state index in [9.17, 15) is 31.2 Å². The van der Waals surface area contributed by atoms with Crippen molar-refractivity contribution in [2.45, 2.75) is 45.5 Å². The van der Waals surface area contributed by atoms with Crippen LogP contribution in [0.2, 0.25) is 15.1 Å². The molecule has 0 spiro atoms. The Kier molecular flexibility index (Phi) is 11.1. The normalized spacial score (nSPS) is 12.7. The van der Waals surface area contributed by atoms with Crippen molar-refractivity contribution in [2.75, 3.05) is 23.7 Å². The third-order valence-electron chi connectivity index (χ3n) is 5.56. The van der Waals surface area contributed by atoms with Crippen LogP contribution in [0.4, 0.5) is 18.9 Å². The summed E-state index contributed by atoms with van der Waals surface area (Å²) in [6, 6.07) is 5.66. The number of sulfonamides is 1. The molecule has 0 aliphatic heterocycles. The number of amides is 2. The molecule has 0 saturated heterocycles. The molecule has 0 radical (unpaired) electrons. The minimum absolute atomic E-state index is 0.161. The zero-order valence-corrected chi connectivity index (χ0v) is 23.9. The molecule has 38 heavy (non-hydrogen) atoms. The van der Waals surface area contributed by atoms with Gasteiger partial charge in [-0.3, -0.25) is 13.9 Å². The van der Waals surface area contributed by atoms with E-state index in [0.717, 1.165) is 23.6 Å². The first-order valence-corrected chi connectivity index (χ1v) is 14.4. The maximum absolute atomic E-state index is 13.5. The molecule has 0 aliphatic rings. The molecule has 2 aromatic carbocycles. The predicted octanol–water partition coefficient (Wildman–Crippen LogP) is 5.77. The summed E-state index contributed by atoms with van der Waals surface area (Å²) in [5.41, 5.74) is -1.18. The molecule has 1 N–H and O–H groups in total. The Morgan fingerprint density at radius 1 is 1.03 bits per heavy atom. The minimum atomic E-state index is -4.78. The van der Waals surface area contributed by atoms with Gasteiger partial charge >= 0.3 is 6.18 Å². The Balaban J connectivity index is 2.48. The molecule has 2 amide bonds. The summed E-state index contributed by atoms with van der Waals surface area (Å²) in [6.45, 7) is 2.69. The standard InChI is InChI=1S/C24H27Cl3F3N3O4S/c1-4-5-10-31-23(35)15(2)32(13-16-6-8-18(25)20(27)11-16)22(34)14-33(38(3,36)37)21-12-17(24(28,29)30)7-9-19(21)26/h6-9,11-12,15H,4-5,10,13-14H2,1-3H3,(H,31,35)/t15-/m0/s1. The third kappa shape index (κ3) is 8.65. The number of alkyl halides is 3. The number of benzene rings is 2. The molecule has 0 bridgehead atoms. The van der Waals surface area contributed by atoms with E-state index in [1.807, 2.05) is 6.92 Å². The highest BCUT2D eigenvalue weighted by Crippen LogP contribution is 2.36. The second kappa shape index (κ2) is 13.2. The highest BCUT2D eigenvalue weighted by atomic mass is 35.5. The van der Waals surface area contributed by atoms with Crippen LogP contribution in [0.1, 0.15) is 37.8 Å². The summed E-state index contributed by atoms with van der Waals surface area (Å²) in [5, 5.41) is 2.87. The number of nitrogens with zero attached hydrogens (tertiary/aromatic N) is 2. The van der Waals surface area contributed by atoms with E-state index in [1.54, 1.807) is 6.07 Å². The van der Waals surface area contributed by atoms with Crippen molar-refractivity contribution < 1.29 is 31.2 Å². The van der Waals surface area contributed by atoms with Crippen LogP contribution in [0.15, 0.2) is 36.4 Å². The van der Waals surface area contributed by atoms with Gasteiger partial charge in [0.1, 0.15) is 12.6 Å². The fraction of sp³-hybridized carbons (Fsp3) is 0.417. The lowest BCUT2D eigenvalue weighted by Crippen LogP contribution is -2.51. The van der Waals surface area contributed by atoms with Crippen LogP contribution in [0.5, 0.6) is 0 Å². The quantitative estimate of drug-likeness (QED) is 0.325. The second-order valence-corrected chi connectivity index (χ2v) is 11.7. The Bertz CT molecular complexity index is 1280. The van der Waals surface area contributed by atoms with Crippen LogP contribution in [0.3, 0.4) is 0 Å². The molecule has 1 atom stereocenters.